The summed E-state index contributed by atoms with van der Waals surface area (Å²) in [5, 5.41) is 4.03. The summed E-state index contributed by atoms with van der Waals surface area (Å²) in [7, 11) is 2.01. The highest BCUT2D eigenvalue weighted by Crippen LogP contribution is 2.35. The Morgan fingerprint density at radius 1 is 1.29 bits per heavy atom. The summed E-state index contributed by atoms with van der Waals surface area (Å²) in [5.41, 5.74) is 1.20. The molecular formula is C17H25ClN2O. The molecule has 1 aliphatic heterocycles. The van der Waals surface area contributed by atoms with Gasteiger partial charge in [0.05, 0.1) is 11.1 Å². The van der Waals surface area contributed by atoms with Crippen LogP contribution in [0.15, 0.2) is 18.2 Å². The summed E-state index contributed by atoms with van der Waals surface area (Å²) in [6.07, 6.45) is 5.22. The van der Waals surface area contributed by atoms with Gasteiger partial charge in [0.25, 0.3) is 0 Å². The largest absolute Gasteiger partial charge is 0.489 e. The van der Waals surface area contributed by atoms with Gasteiger partial charge in [0.15, 0.2) is 0 Å². The highest BCUT2D eigenvalue weighted by Gasteiger charge is 2.30. The summed E-state index contributed by atoms with van der Waals surface area (Å²) in [6.45, 7) is 4.41. The quantitative estimate of drug-likeness (QED) is 0.872. The number of halogens is 1. The van der Waals surface area contributed by atoms with Gasteiger partial charge in [-0.2, -0.15) is 0 Å². The Morgan fingerprint density at radius 2 is 2.05 bits per heavy atom. The Bertz CT molecular complexity index is 468. The molecule has 3 rings (SSSR count). The Labute approximate surface area is 132 Å². The molecule has 0 radical (unpaired) electrons. The van der Waals surface area contributed by atoms with Gasteiger partial charge in [-0.15, -0.1) is 0 Å². The Kier molecular flexibility index (Phi) is 5.04. The van der Waals surface area contributed by atoms with Crippen LogP contribution in [0, 0.1) is 5.92 Å². The number of benzene rings is 1. The van der Waals surface area contributed by atoms with E-state index in [9.17, 15) is 0 Å². The van der Waals surface area contributed by atoms with Crippen molar-refractivity contribution in [2.24, 2.45) is 5.92 Å². The van der Waals surface area contributed by atoms with Crippen molar-refractivity contribution in [3.05, 3.63) is 28.8 Å². The average Bonchev–Trinajstić information content (AvgIpc) is 2.93. The molecule has 3 nitrogen and oxygen atoms in total. The van der Waals surface area contributed by atoms with Crippen molar-refractivity contribution >= 4 is 11.6 Å². The normalized spacial score (nSPS) is 25.8. The van der Waals surface area contributed by atoms with Crippen LogP contribution in [0.3, 0.4) is 0 Å². The SMILES string of the molecule is CNC[C@H]1C[C@H](Oc2cccc(CN3CCCC3)c2Cl)C1. The van der Waals surface area contributed by atoms with Crippen molar-refractivity contribution < 1.29 is 4.74 Å². The Balaban J connectivity index is 1.58. The molecule has 116 valence electrons. The van der Waals surface area contributed by atoms with Gasteiger partial charge in [-0.3, -0.25) is 4.90 Å². The lowest BCUT2D eigenvalue weighted by atomic mass is 9.82. The minimum absolute atomic E-state index is 0.336. The first-order valence-corrected chi connectivity index (χ1v) is 8.45. The predicted molar refractivity (Wildman–Crippen MR) is 87.0 cm³/mol. The molecule has 0 unspecified atom stereocenters. The molecule has 1 aliphatic carbocycles. The van der Waals surface area contributed by atoms with Gasteiger partial charge < -0.3 is 10.1 Å². The lowest BCUT2D eigenvalue weighted by Gasteiger charge is -2.35. The highest BCUT2D eigenvalue weighted by atomic mass is 35.5. The van der Waals surface area contributed by atoms with Crippen LogP contribution in [0.1, 0.15) is 31.2 Å². The first kappa shape index (κ1) is 15.1. The molecule has 1 aromatic carbocycles. The van der Waals surface area contributed by atoms with Gasteiger partial charge in [0.2, 0.25) is 0 Å². The molecular weight excluding hydrogens is 284 g/mol. The van der Waals surface area contributed by atoms with E-state index in [4.69, 9.17) is 16.3 Å². The number of nitrogens with zero attached hydrogens (tertiary/aromatic N) is 1. The standard InChI is InChI=1S/C17H25ClN2O/c1-19-11-13-9-15(10-13)21-16-6-4-5-14(17(16)18)12-20-7-2-3-8-20/h4-6,13,15,19H,2-3,7-12H2,1H3/t13-,15-. The van der Waals surface area contributed by atoms with E-state index in [0.29, 0.717) is 6.10 Å². The van der Waals surface area contributed by atoms with Gasteiger partial charge in [0, 0.05) is 6.54 Å². The molecule has 0 atom stereocenters. The molecule has 0 bridgehead atoms. The molecule has 2 aliphatic rings. The second-order valence-corrected chi connectivity index (χ2v) is 6.73. The molecule has 1 saturated heterocycles. The number of likely N-dealkylation sites (tertiary alicyclic amines) is 1. The fourth-order valence-corrected chi connectivity index (χ4v) is 3.59. The third kappa shape index (κ3) is 3.71. The molecule has 1 aromatic rings. The van der Waals surface area contributed by atoms with Crippen molar-refractivity contribution in [3.8, 4) is 5.75 Å². The molecule has 4 heteroatoms. The smallest absolute Gasteiger partial charge is 0.138 e. The minimum atomic E-state index is 0.336. The second kappa shape index (κ2) is 6.99. The van der Waals surface area contributed by atoms with Crippen LogP contribution in [-0.2, 0) is 6.54 Å². The van der Waals surface area contributed by atoms with E-state index in [2.05, 4.69) is 22.3 Å². The number of ether oxygens (including phenoxy) is 1. The van der Waals surface area contributed by atoms with Crippen molar-refractivity contribution in [2.75, 3.05) is 26.7 Å². The van der Waals surface area contributed by atoms with Crippen molar-refractivity contribution in [3.63, 3.8) is 0 Å². The van der Waals surface area contributed by atoms with Crippen LogP contribution >= 0.6 is 11.6 Å². The summed E-state index contributed by atoms with van der Waals surface area (Å²) in [4.78, 5) is 2.47. The fraction of sp³-hybridized carbons (Fsp3) is 0.647. The average molecular weight is 309 g/mol. The second-order valence-electron chi connectivity index (χ2n) is 6.35. The van der Waals surface area contributed by atoms with E-state index in [1.165, 1.54) is 31.5 Å². The fourth-order valence-electron chi connectivity index (χ4n) is 3.36. The van der Waals surface area contributed by atoms with Crippen molar-refractivity contribution in [2.45, 2.75) is 38.3 Å². The molecule has 1 heterocycles. The predicted octanol–water partition coefficient (Wildman–Crippen LogP) is 3.31. The zero-order valence-electron chi connectivity index (χ0n) is 12.8. The van der Waals surface area contributed by atoms with Crippen LogP contribution in [0.25, 0.3) is 0 Å². The summed E-state index contributed by atoms with van der Waals surface area (Å²) in [5.74, 6) is 1.62. The Morgan fingerprint density at radius 3 is 2.76 bits per heavy atom. The van der Waals surface area contributed by atoms with E-state index in [1.807, 2.05) is 13.1 Å². The van der Waals surface area contributed by atoms with Crippen molar-refractivity contribution in [1.29, 1.82) is 0 Å². The maximum Gasteiger partial charge on any atom is 0.138 e. The third-order valence-corrected chi connectivity index (χ3v) is 5.04. The van der Waals surface area contributed by atoms with E-state index < -0.39 is 0 Å². The van der Waals surface area contributed by atoms with Crippen LogP contribution in [0.5, 0.6) is 5.75 Å². The zero-order chi connectivity index (χ0) is 14.7. The lowest BCUT2D eigenvalue weighted by molar-refractivity contribution is 0.0657. The van der Waals surface area contributed by atoms with Gasteiger partial charge >= 0.3 is 0 Å². The molecule has 0 amide bonds. The lowest BCUT2D eigenvalue weighted by Crippen LogP contribution is -2.38. The first-order chi connectivity index (χ1) is 10.3. The third-order valence-electron chi connectivity index (χ3n) is 4.61. The number of nitrogens with one attached hydrogen (secondary N) is 1. The molecule has 2 fully saturated rings. The summed E-state index contributed by atoms with van der Waals surface area (Å²) < 4.78 is 6.08. The van der Waals surface area contributed by atoms with Gasteiger partial charge in [-0.1, -0.05) is 23.7 Å². The van der Waals surface area contributed by atoms with E-state index in [1.54, 1.807) is 0 Å². The topological polar surface area (TPSA) is 24.5 Å². The van der Waals surface area contributed by atoms with E-state index >= 15 is 0 Å². The molecule has 1 N–H and O–H groups in total. The van der Waals surface area contributed by atoms with Gasteiger partial charge in [0.1, 0.15) is 5.75 Å². The monoisotopic (exact) mass is 308 g/mol. The summed E-state index contributed by atoms with van der Waals surface area (Å²) >= 11 is 6.55. The van der Waals surface area contributed by atoms with Crippen molar-refractivity contribution in [1.82, 2.24) is 10.2 Å². The van der Waals surface area contributed by atoms with Crippen LogP contribution in [0.2, 0.25) is 5.02 Å². The van der Waals surface area contributed by atoms with E-state index in [0.717, 1.165) is 42.6 Å². The van der Waals surface area contributed by atoms with Crippen LogP contribution in [-0.4, -0.2) is 37.7 Å². The molecule has 1 saturated carbocycles. The maximum absolute atomic E-state index is 6.55. The number of hydrogen-bond donors (Lipinski definition) is 1. The van der Waals surface area contributed by atoms with Crippen LogP contribution in [0.4, 0.5) is 0 Å². The summed E-state index contributed by atoms with van der Waals surface area (Å²) in [6, 6.07) is 6.19. The Hall–Kier alpha value is -0.770. The van der Waals surface area contributed by atoms with Crippen LogP contribution < -0.4 is 10.1 Å². The first-order valence-electron chi connectivity index (χ1n) is 8.07. The minimum Gasteiger partial charge on any atom is -0.489 e. The van der Waals surface area contributed by atoms with E-state index in [-0.39, 0.29) is 0 Å². The zero-order valence-corrected chi connectivity index (χ0v) is 13.5. The maximum atomic E-state index is 6.55. The molecule has 0 aromatic heterocycles. The molecule has 21 heavy (non-hydrogen) atoms. The number of hydrogen-bond acceptors (Lipinski definition) is 3. The van der Waals surface area contributed by atoms with Gasteiger partial charge in [-0.05, 0) is 69.9 Å². The molecule has 0 spiro atoms. The number of rotatable bonds is 6. The van der Waals surface area contributed by atoms with Gasteiger partial charge in [-0.25, -0.2) is 0 Å². The highest BCUT2D eigenvalue weighted by molar-refractivity contribution is 6.32.